The summed E-state index contributed by atoms with van der Waals surface area (Å²) in [6.45, 7) is 4.11. The summed E-state index contributed by atoms with van der Waals surface area (Å²) in [6, 6.07) is 7.45. The average molecular weight is 211 g/mol. The van der Waals surface area contributed by atoms with Crippen LogP contribution in [0, 0.1) is 0 Å². The van der Waals surface area contributed by atoms with E-state index in [-0.39, 0.29) is 6.10 Å². The van der Waals surface area contributed by atoms with E-state index in [9.17, 15) is 0 Å². The summed E-state index contributed by atoms with van der Waals surface area (Å²) in [5.41, 5.74) is 6.33. The molecule has 3 heteroatoms. The van der Waals surface area contributed by atoms with Crippen LogP contribution in [0.1, 0.15) is 20.3 Å². The van der Waals surface area contributed by atoms with E-state index in [1.54, 1.807) is 0 Å². The van der Waals surface area contributed by atoms with E-state index in [0.29, 0.717) is 5.25 Å². The van der Waals surface area contributed by atoms with E-state index in [1.165, 1.54) is 0 Å². The molecule has 1 aromatic carbocycles. The van der Waals surface area contributed by atoms with Crippen molar-refractivity contribution >= 4 is 18.3 Å². The van der Waals surface area contributed by atoms with Crippen LogP contribution in [0.25, 0.3) is 0 Å². The van der Waals surface area contributed by atoms with Crippen molar-refractivity contribution in [1.82, 2.24) is 0 Å². The van der Waals surface area contributed by atoms with Gasteiger partial charge in [0.25, 0.3) is 0 Å². The molecule has 1 rings (SSSR count). The zero-order valence-electron chi connectivity index (χ0n) is 8.60. The molecule has 2 atom stereocenters. The summed E-state index contributed by atoms with van der Waals surface area (Å²) in [6.07, 6.45) is 1.12. The Kier molecular flexibility index (Phi) is 4.14. The number of nitrogens with two attached hydrogens (primary N) is 1. The lowest BCUT2D eigenvalue weighted by atomic mass is 10.2. The summed E-state index contributed by atoms with van der Waals surface area (Å²) in [5, 5.41) is 0.360. The maximum Gasteiger partial charge on any atom is 0.119 e. The van der Waals surface area contributed by atoms with Gasteiger partial charge in [0.1, 0.15) is 5.75 Å². The number of hydrogen-bond donors (Lipinski definition) is 2. The third kappa shape index (κ3) is 3.92. The molecule has 0 heterocycles. The number of hydrogen-bond acceptors (Lipinski definition) is 3. The van der Waals surface area contributed by atoms with Gasteiger partial charge in [-0.15, -0.1) is 0 Å². The number of thiol groups is 1. The number of benzene rings is 1. The zero-order valence-corrected chi connectivity index (χ0v) is 9.50. The third-order valence-corrected chi connectivity index (χ3v) is 2.10. The quantitative estimate of drug-likeness (QED) is 0.593. The van der Waals surface area contributed by atoms with E-state index in [0.717, 1.165) is 17.9 Å². The summed E-state index contributed by atoms with van der Waals surface area (Å²) < 4.78 is 5.68. The van der Waals surface area contributed by atoms with Gasteiger partial charge in [-0.1, -0.05) is 6.92 Å². The Morgan fingerprint density at radius 2 is 1.86 bits per heavy atom. The molecule has 0 fully saturated rings. The summed E-state index contributed by atoms with van der Waals surface area (Å²) in [4.78, 5) is 0. The van der Waals surface area contributed by atoms with Crippen molar-refractivity contribution in [3.05, 3.63) is 24.3 Å². The van der Waals surface area contributed by atoms with Crippen LogP contribution >= 0.6 is 12.6 Å². The Bertz CT molecular complexity index is 271. The lowest BCUT2D eigenvalue weighted by Crippen LogP contribution is -2.15. The monoisotopic (exact) mass is 211 g/mol. The second kappa shape index (κ2) is 5.15. The normalized spacial score (nSPS) is 14.8. The predicted octanol–water partition coefficient (Wildman–Crippen LogP) is 2.74. The van der Waals surface area contributed by atoms with Gasteiger partial charge in [0.05, 0.1) is 6.10 Å². The fourth-order valence-electron chi connectivity index (χ4n) is 1.31. The number of anilines is 1. The second-order valence-corrected chi connectivity index (χ2v) is 4.46. The van der Waals surface area contributed by atoms with Gasteiger partial charge in [-0.3, -0.25) is 0 Å². The first-order valence-electron chi connectivity index (χ1n) is 4.78. The Morgan fingerprint density at radius 1 is 1.29 bits per heavy atom. The first-order chi connectivity index (χ1) is 6.58. The van der Waals surface area contributed by atoms with E-state index in [1.807, 2.05) is 31.2 Å². The molecule has 2 nitrogen and oxygen atoms in total. The summed E-state index contributed by atoms with van der Waals surface area (Å²) in [7, 11) is 0. The molecular formula is C11H17NOS. The van der Waals surface area contributed by atoms with E-state index < -0.39 is 0 Å². The van der Waals surface area contributed by atoms with Gasteiger partial charge in [0, 0.05) is 10.9 Å². The smallest absolute Gasteiger partial charge is 0.119 e. The Hall–Kier alpha value is -0.830. The zero-order chi connectivity index (χ0) is 10.6. The van der Waals surface area contributed by atoms with Crippen molar-refractivity contribution in [2.75, 3.05) is 5.73 Å². The molecule has 0 bridgehead atoms. The molecule has 0 aliphatic carbocycles. The molecule has 14 heavy (non-hydrogen) atoms. The van der Waals surface area contributed by atoms with E-state index in [4.69, 9.17) is 10.5 Å². The SMILES string of the molecule is CC(S)CC(C)Oc1ccc(N)cc1. The average Bonchev–Trinajstić information content (AvgIpc) is 2.07. The minimum Gasteiger partial charge on any atom is -0.491 e. The first kappa shape index (κ1) is 11.2. The summed E-state index contributed by atoms with van der Waals surface area (Å²) in [5.74, 6) is 0.862. The van der Waals surface area contributed by atoms with Crippen molar-refractivity contribution < 1.29 is 4.74 Å². The Balaban J connectivity index is 2.47. The number of rotatable bonds is 4. The van der Waals surface area contributed by atoms with Gasteiger partial charge >= 0.3 is 0 Å². The minimum absolute atomic E-state index is 0.186. The molecule has 0 radical (unpaired) electrons. The molecule has 78 valence electrons. The van der Waals surface area contributed by atoms with Crippen LogP contribution in [0.2, 0.25) is 0 Å². The molecule has 0 saturated carbocycles. The first-order valence-corrected chi connectivity index (χ1v) is 5.30. The largest absolute Gasteiger partial charge is 0.491 e. The van der Waals surface area contributed by atoms with Gasteiger partial charge in [0.2, 0.25) is 0 Å². The van der Waals surface area contributed by atoms with Gasteiger partial charge in [-0.05, 0) is 37.6 Å². The molecule has 0 aliphatic rings. The molecule has 0 spiro atoms. The highest BCUT2D eigenvalue weighted by Gasteiger charge is 2.06. The van der Waals surface area contributed by atoms with Crippen LogP contribution in [-0.4, -0.2) is 11.4 Å². The maximum absolute atomic E-state index is 5.68. The second-order valence-electron chi connectivity index (χ2n) is 3.58. The van der Waals surface area contributed by atoms with Crippen LogP contribution in [0.5, 0.6) is 5.75 Å². The Morgan fingerprint density at radius 3 is 2.36 bits per heavy atom. The lowest BCUT2D eigenvalue weighted by molar-refractivity contribution is 0.212. The summed E-state index contributed by atoms with van der Waals surface area (Å²) >= 11 is 4.32. The molecular weight excluding hydrogens is 194 g/mol. The number of ether oxygens (including phenoxy) is 1. The highest BCUT2D eigenvalue weighted by atomic mass is 32.1. The van der Waals surface area contributed by atoms with Crippen LogP contribution < -0.4 is 10.5 Å². The minimum atomic E-state index is 0.186. The standard InChI is InChI=1S/C11H17NOS/c1-8(7-9(2)14)13-11-5-3-10(12)4-6-11/h3-6,8-9,14H,7,12H2,1-2H3. The van der Waals surface area contributed by atoms with Crippen molar-refractivity contribution in [3.63, 3.8) is 0 Å². The maximum atomic E-state index is 5.68. The molecule has 2 N–H and O–H groups in total. The highest BCUT2D eigenvalue weighted by molar-refractivity contribution is 7.80. The predicted molar refractivity (Wildman–Crippen MR) is 64.0 cm³/mol. The topological polar surface area (TPSA) is 35.2 Å². The fourth-order valence-corrected chi connectivity index (χ4v) is 1.60. The molecule has 0 saturated heterocycles. The molecule has 1 aromatic rings. The van der Waals surface area contributed by atoms with Crippen molar-refractivity contribution in [1.29, 1.82) is 0 Å². The number of nitrogen functional groups attached to an aromatic ring is 1. The van der Waals surface area contributed by atoms with E-state index >= 15 is 0 Å². The van der Waals surface area contributed by atoms with Gasteiger partial charge in [-0.25, -0.2) is 0 Å². The fraction of sp³-hybridized carbons (Fsp3) is 0.455. The molecule has 2 unspecified atom stereocenters. The van der Waals surface area contributed by atoms with E-state index in [2.05, 4.69) is 19.6 Å². The molecule has 0 aliphatic heterocycles. The van der Waals surface area contributed by atoms with Crippen LogP contribution in [0.15, 0.2) is 24.3 Å². The van der Waals surface area contributed by atoms with Gasteiger partial charge in [0.15, 0.2) is 0 Å². The molecule has 0 amide bonds. The van der Waals surface area contributed by atoms with Gasteiger partial charge in [-0.2, -0.15) is 12.6 Å². The Labute approximate surface area is 90.9 Å². The molecule has 0 aromatic heterocycles. The van der Waals surface area contributed by atoms with Crippen molar-refractivity contribution in [2.24, 2.45) is 0 Å². The van der Waals surface area contributed by atoms with Gasteiger partial charge < -0.3 is 10.5 Å². The van der Waals surface area contributed by atoms with Crippen LogP contribution in [-0.2, 0) is 0 Å². The highest BCUT2D eigenvalue weighted by Crippen LogP contribution is 2.17. The van der Waals surface area contributed by atoms with Crippen LogP contribution in [0.4, 0.5) is 5.69 Å². The van der Waals surface area contributed by atoms with Crippen molar-refractivity contribution in [3.8, 4) is 5.75 Å². The van der Waals surface area contributed by atoms with Crippen molar-refractivity contribution in [2.45, 2.75) is 31.6 Å². The third-order valence-electron chi connectivity index (χ3n) is 1.89. The van der Waals surface area contributed by atoms with Crippen LogP contribution in [0.3, 0.4) is 0 Å². The lowest BCUT2D eigenvalue weighted by Gasteiger charge is -2.16.